The molecule has 174 valence electrons. The Balaban J connectivity index is 1.58. The molecule has 0 saturated heterocycles. The highest BCUT2D eigenvalue weighted by Gasteiger charge is 2.08. The molecule has 1 aromatic heterocycles. The highest BCUT2D eigenvalue weighted by molar-refractivity contribution is 7.14. The Morgan fingerprint density at radius 3 is 2.61 bits per heavy atom. The minimum absolute atomic E-state index is 0.251. The van der Waals surface area contributed by atoms with Gasteiger partial charge in [-0.1, -0.05) is 19.9 Å². The lowest BCUT2D eigenvalue weighted by Gasteiger charge is -2.12. The molecule has 1 N–H and O–H groups in total. The van der Waals surface area contributed by atoms with Crippen molar-refractivity contribution in [2.75, 3.05) is 25.6 Å². The summed E-state index contributed by atoms with van der Waals surface area (Å²) in [6, 6.07) is 13.3. The van der Waals surface area contributed by atoms with Gasteiger partial charge in [-0.2, -0.15) is 0 Å². The first kappa shape index (κ1) is 24.3. The molecule has 3 rings (SSSR count). The van der Waals surface area contributed by atoms with Crippen molar-refractivity contribution in [2.24, 2.45) is 5.92 Å². The molecule has 0 saturated carbocycles. The third-order valence-corrected chi connectivity index (χ3v) is 5.52. The van der Waals surface area contributed by atoms with Crippen molar-refractivity contribution in [1.82, 2.24) is 4.98 Å². The van der Waals surface area contributed by atoms with E-state index < -0.39 is 0 Å². The van der Waals surface area contributed by atoms with E-state index >= 15 is 0 Å². The van der Waals surface area contributed by atoms with Crippen molar-refractivity contribution in [3.63, 3.8) is 0 Å². The SMILES string of the molecule is CCOc1ccc(-c2csc(NC(=O)/C=C/c3ccc(OCCC(C)C)c(OC)c3)n2)cc1. The molecular formula is C26H30N2O4S. The fourth-order valence-corrected chi connectivity index (χ4v) is 3.71. The van der Waals surface area contributed by atoms with Crippen LogP contribution in [0.4, 0.5) is 5.13 Å². The highest BCUT2D eigenvalue weighted by Crippen LogP contribution is 2.29. The number of amides is 1. The molecule has 0 radical (unpaired) electrons. The molecule has 2 aromatic carbocycles. The predicted molar refractivity (Wildman–Crippen MR) is 134 cm³/mol. The zero-order valence-electron chi connectivity index (χ0n) is 19.5. The Labute approximate surface area is 199 Å². The maximum atomic E-state index is 12.4. The fourth-order valence-electron chi connectivity index (χ4n) is 2.98. The van der Waals surface area contributed by atoms with E-state index in [4.69, 9.17) is 14.2 Å². The number of ether oxygens (including phenoxy) is 3. The number of hydrogen-bond donors (Lipinski definition) is 1. The zero-order valence-corrected chi connectivity index (χ0v) is 20.3. The van der Waals surface area contributed by atoms with Gasteiger partial charge in [0.1, 0.15) is 5.75 Å². The van der Waals surface area contributed by atoms with Crippen molar-refractivity contribution >= 4 is 28.5 Å². The van der Waals surface area contributed by atoms with Crippen LogP contribution in [-0.2, 0) is 4.79 Å². The van der Waals surface area contributed by atoms with Crippen molar-refractivity contribution in [3.05, 3.63) is 59.5 Å². The number of carbonyl (C=O) groups is 1. The summed E-state index contributed by atoms with van der Waals surface area (Å²) in [5.41, 5.74) is 2.61. The van der Waals surface area contributed by atoms with Crippen LogP contribution in [0.2, 0.25) is 0 Å². The molecule has 0 spiro atoms. The number of anilines is 1. The molecule has 0 aliphatic rings. The van der Waals surface area contributed by atoms with E-state index in [-0.39, 0.29) is 5.91 Å². The van der Waals surface area contributed by atoms with Crippen LogP contribution in [0.15, 0.2) is 53.9 Å². The summed E-state index contributed by atoms with van der Waals surface area (Å²) in [6.45, 7) is 7.53. The van der Waals surface area contributed by atoms with Crippen LogP contribution in [0, 0.1) is 5.92 Å². The summed E-state index contributed by atoms with van der Waals surface area (Å²) >= 11 is 1.38. The van der Waals surface area contributed by atoms with E-state index in [2.05, 4.69) is 24.1 Å². The molecule has 0 aliphatic carbocycles. The van der Waals surface area contributed by atoms with Crippen LogP contribution in [0.1, 0.15) is 32.8 Å². The van der Waals surface area contributed by atoms with Crippen LogP contribution in [0.5, 0.6) is 17.2 Å². The second-order valence-corrected chi connectivity index (χ2v) is 8.62. The minimum Gasteiger partial charge on any atom is -0.494 e. The summed E-state index contributed by atoms with van der Waals surface area (Å²) in [6.07, 6.45) is 4.19. The number of carbonyl (C=O) groups excluding carboxylic acids is 1. The summed E-state index contributed by atoms with van der Waals surface area (Å²) < 4.78 is 16.7. The van der Waals surface area contributed by atoms with Crippen LogP contribution >= 0.6 is 11.3 Å². The maximum Gasteiger partial charge on any atom is 0.250 e. The van der Waals surface area contributed by atoms with Gasteiger partial charge in [0.15, 0.2) is 16.6 Å². The van der Waals surface area contributed by atoms with E-state index in [1.807, 2.05) is 54.8 Å². The Bertz CT molecular complexity index is 1070. The number of rotatable bonds is 11. The van der Waals surface area contributed by atoms with Gasteiger partial charge in [-0.15, -0.1) is 11.3 Å². The van der Waals surface area contributed by atoms with E-state index in [0.717, 1.165) is 29.0 Å². The molecule has 0 atom stereocenters. The normalized spacial score (nSPS) is 11.1. The van der Waals surface area contributed by atoms with Gasteiger partial charge >= 0.3 is 0 Å². The largest absolute Gasteiger partial charge is 0.494 e. The lowest BCUT2D eigenvalue weighted by atomic mass is 10.1. The fraction of sp³-hybridized carbons (Fsp3) is 0.308. The van der Waals surface area contributed by atoms with Gasteiger partial charge < -0.3 is 14.2 Å². The smallest absolute Gasteiger partial charge is 0.250 e. The molecule has 7 heteroatoms. The van der Waals surface area contributed by atoms with Gasteiger partial charge in [-0.25, -0.2) is 4.98 Å². The third kappa shape index (κ3) is 7.36. The Morgan fingerprint density at radius 1 is 1.12 bits per heavy atom. The second-order valence-electron chi connectivity index (χ2n) is 7.76. The van der Waals surface area contributed by atoms with E-state index in [1.54, 1.807) is 13.2 Å². The summed E-state index contributed by atoms with van der Waals surface area (Å²) in [5, 5.41) is 5.27. The van der Waals surface area contributed by atoms with Crippen LogP contribution in [0.3, 0.4) is 0 Å². The lowest BCUT2D eigenvalue weighted by Crippen LogP contribution is -2.07. The first-order valence-electron chi connectivity index (χ1n) is 11.0. The maximum absolute atomic E-state index is 12.4. The number of benzene rings is 2. The van der Waals surface area contributed by atoms with Crippen molar-refractivity contribution in [1.29, 1.82) is 0 Å². The second kappa shape index (κ2) is 12.1. The molecule has 1 amide bonds. The average Bonchev–Trinajstić information content (AvgIpc) is 3.27. The molecule has 0 aliphatic heterocycles. The average molecular weight is 467 g/mol. The summed E-state index contributed by atoms with van der Waals surface area (Å²) in [7, 11) is 1.61. The number of thiazole rings is 1. The topological polar surface area (TPSA) is 69.7 Å². The lowest BCUT2D eigenvalue weighted by molar-refractivity contribution is -0.111. The highest BCUT2D eigenvalue weighted by atomic mass is 32.1. The number of aromatic nitrogens is 1. The quantitative estimate of drug-likeness (QED) is 0.336. The molecule has 1 heterocycles. The number of methoxy groups -OCH3 is 1. The van der Waals surface area contributed by atoms with Crippen LogP contribution in [0.25, 0.3) is 17.3 Å². The van der Waals surface area contributed by atoms with Crippen LogP contribution in [-0.4, -0.2) is 31.2 Å². The first-order chi connectivity index (χ1) is 16.0. The number of nitrogens with one attached hydrogen (secondary N) is 1. The van der Waals surface area contributed by atoms with Gasteiger partial charge in [-0.3, -0.25) is 10.1 Å². The Hall–Kier alpha value is -3.32. The molecule has 6 nitrogen and oxygen atoms in total. The Kier molecular flexibility index (Phi) is 8.89. The minimum atomic E-state index is -0.251. The van der Waals surface area contributed by atoms with Crippen molar-refractivity contribution in [3.8, 4) is 28.5 Å². The first-order valence-corrected chi connectivity index (χ1v) is 11.8. The summed E-state index contributed by atoms with van der Waals surface area (Å²) in [5.74, 6) is 2.48. The van der Waals surface area contributed by atoms with E-state index in [9.17, 15) is 4.79 Å². The van der Waals surface area contributed by atoms with Gasteiger partial charge in [0.25, 0.3) is 0 Å². The number of hydrogen-bond acceptors (Lipinski definition) is 6. The molecular weight excluding hydrogens is 436 g/mol. The third-order valence-electron chi connectivity index (χ3n) is 4.76. The molecule has 0 fully saturated rings. The van der Waals surface area contributed by atoms with Crippen LogP contribution < -0.4 is 19.5 Å². The Morgan fingerprint density at radius 2 is 1.91 bits per heavy atom. The molecule has 0 bridgehead atoms. The van der Waals surface area contributed by atoms with Gasteiger partial charge in [0.05, 0.1) is 26.0 Å². The monoisotopic (exact) mass is 466 g/mol. The standard InChI is InChI=1S/C26H30N2O4S/c1-5-31-21-10-8-20(9-11-21)22-17-33-26(27-22)28-25(29)13-7-19-6-12-23(24(16-19)30-4)32-15-14-18(2)3/h6-13,16-18H,5,14-15H2,1-4H3,(H,27,28,29)/b13-7+. The van der Waals surface area contributed by atoms with Crippen molar-refractivity contribution < 1.29 is 19.0 Å². The predicted octanol–water partition coefficient (Wildman–Crippen LogP) is 6.29. The molecule has 0 unspecified atom stereocenters. The van der Waals surface area contributed by atoms with E-state index in [1.165, 1.54) is 17.4 Å². The number of nitrogens with zero attached hydrogens (tertiary/aromatic N) is 1. The van der Waals surface area contributed by atoms with Gasteiger partial charge in [-0.05, 0) is 67.3 Å². The molecule has 33 heavy (non-hydrogen) atoms. The molecule has 3 aromatic rings. The van der Waals surface area contributed by atoms with Crippen molar-refractivity contribution in [2.45, 2.75) is 27.2 Å². The zero-order chi connectivity index (χ0) is 23.6. The van der Waals surface area contributed by atoms with Gasteiger partial charge in [0, 0.05) is 17.0 Å². The van der Waals surface area contributed by atoms with Gasteiger partial charge in [0.2, 0.25) is 5.91 Å². The summed E-state index contributed by atoms with van der Waals surface area (Å²) in [4.78, 5) is 16.9. The van der Waals surface area contributed by atoms with E-state index in [0.29, 0.717) is 35.8 Å².